The Morgan fingerprint density at radius 3 is 2.10 bits per heavy atom. The molecule has 0 saturated heterocycles. The summed E-state index contributed by atoms with van der Waals surface area (Å²) < 4.78 is 0. The second-order valence-corrected chi connectivity index (χ2v) is 3.63. The predicted molar refractivity (Wildman–Crippen MR) is 40.6 cm³/mol. The summed E-state index contributed by atoms with van der Waals surface area (Å²) >= 11 is 0. The van der Waals surface area contributed by atoms with Gasteiger partial charge in [-0.25, -0.2) is 0 Å². The first-order valence-electron chi connectivity index (χ1n) is 4.16. The number of rotatable bonds is 0. The summed E-state index contributed by atoms with van der Waals surface area (Å²) in [7, 11) is 0. The summed E-state index contributed by atoms with van der Waals surface area (Å²) in [5, 5.41) is 9.57. The van der Waals surface area contributed by atoms with Gasteiger partial charge in [-0.2, -0.15) is 0 Å². The molecule has 1 atom stereocenters. The fourth-order valence-corrected chi connectivity index (χ4v) is 2.35. The Labute approximate surface area is 61.8 Å². The smallest absolute Gasteiger partial charge is 0.0778 e. The van der Waals surface area contributed by atoms with E-state index in [1.165, 1.54) is 25.7 Å². The molecule has 0 heterocycles. The van der Waals surface area contributed by atoms with Crippen LogP contribution in [0.25, 0.3) is 0 Å². The van der Waals surface area contributed by atoms with Gasteiger partial charge < -0.3 is 5.11 Å². The van der Waals surface area contributed by atoms with Crippen LogP contribution < -0.4 is 0 Å². The summed E-state index contributed by atoms with van der Waals surface area (Å²) in [6.45, 7) is 3.93. The van der Waals surface area contributed by atoms with E-state index in [4.69, 9.17) is 0 Å². The van der Waals surface area contributed by atoms with E-state index in [9.17, 15) is 5.11 Å². The zero-order chi connectivity index (χ0) is 7.14. The molecule has 3 saturated carbocycles. The first kappa shape index (κ1) is 6.41. The molecule has 3 fully saturated rings. The van der Waals surface area contributed by atoms with Gasteiger partial charge in [0, 0.05) is 0 Å². The highest BCUT2D eigenvalue weighted by atomic mass is 16.3. The Kier molecular flexibility index (Phi) is 1.34. The van der Waals surface area contributed by atoms with E-state index in [-0.39, 0.29) is 6.10 Å². The predicted octanol–water partition coefficient (Wildman–Crippen LogP) is 1.72. The van der Waals surface area contributed by atoms with E-state index in [2.05, 4.69) is 6.58 Å². The third kappa shape index (κ3) is 0.734. The molecular formula is C9H14O. The van der Waals surface area contributed by atoms with Gasteiger partial charge in [0.05, 0.1) is 6.10 Å². The standard InChI is InChI=1S/C9H14O/c1-6-7-2-4-8(5-3-7)9(6)10/h7-10H,1-5H2/t7?,8?,9-/m0/s1. The molecule has 2 bridgehead atoms. The molecule has 0 aliphatic heterocycles. The molecule has 56 valence electrons. The first-order chi connectivity index (χ1) is 4.79. The van der Waals surface area contributed by atoms with Crippen molar-refractivity contribution in [2.75, 3.05) is 0 Å². The molecule has 3 aliphatic carbocycles. The molecule has 0 amide bonds. The Bertz CT molecular complexity index is 150. The topological polar surface area (TPSA) is 20.2 Å². The Hall–Kier alpha value is -0.300. The normalized spacial score (nSPS) is 46.1. The number of fused-ring (bicyclic) bond motifs is 3. The minimum absolute atomic E-state index is 0.160. The summed E-state index contributed by atoms with van der Waals surface area (Å²) in [6.07, 6.45) is 4.85. The molecule has 0 radical (unpaired) electrons. The highest BCUT2D eigenvalue weighted by molar-refractivity contribution is 5.15. The van der Waals surface area contributed by atoms with Crippen LogP contribution in [0.2, 0.25) is 0 Å². The van der Waals surface area contributed by atoms with Crippen molar-refractivity contribution in [3.05, 3.63) is 12.2 Å². The molecule has 1 nitrogen and oxygen atoms in total. The lowest BCUT2D eigenvalue weighted by molar-refractivity contribution is 0.0570. The summed E-state index contributed by atoms with van der Waals surface area (Å²) in [5.41, 5.74) is 1.11. The van der Waals surface area contributed by atoms with E-state index in [0.29, 0.717) is 11.8 Å². The van der Waals surface area contributed by atoms with Crippen LogP contribution in [0.1, 0.15) is 25.7 Å². The Balaban J connectivity index is 2.20. The summed E-state index contributed by atoms with van der Waals surface area (Å²) in [4.78, 5) is 0. The van der Waals surface area contributed by atoms with Crippen molar-refractivity contribution in [2.45, 2.75) is 31.8 Å². The lowest BCUT2D eigenvalue weighted by Crippen LogP contribution is -2.37. The van der Waals surface area contributed by atoms with Gasteiger partial charge in [-0.05, 0) is 43.1 Å². The molecule has 10 heavy (non-hydrogen) atoms. The monoisotopic (exact) mass is 138 g/mol. The van der Waals surface area contributed by atoms with Gasteiger partial charge in [-0.3, -0.25) is 0 Å². The average Bonchev–Trinajstić information content (AvgIpc) is 2.00. The van der Waals surface area contributed by atoms with Crippen LogP contribution in [0.4, 0.5) is 0 Å². The molecule has 1 heteroatoms. The average molecular weight is 138 g/mol. The SMILES string of the molecule is C=C1C2CCC(CC2)[C@H]1O. The number of aliphatic hydroxyl groups is 1. The van der Waals surface area contributed by atoms with Crippen LogP contribution in [0.3, 0.4) is 0 Å². The fraction of sp³-hybridized carbons (Fsp3) is 0.778. The van der Waals surface area contributed by atoms with Crippen LogP contribution in [0.5, 0.6) is 0 Å². The molecule has 0 unspecified atom stereocenters. The van der Waals surface area contributed by atoms with Gasteiger partial charge in [0.25, 0.3) is 0 Å². The highest BCUT2D eigenvalue weighted by Gasteiger charge is 2.36. The van der Waals surface area contributed by atoms with Crippen molar-refractivity contribution in [3.63, 3.8) is 0 Å². The van der Waals surface area contributed by atoms with Crippen molar-refractivity contribution in [2.24, 2.45) is 11.8 Å². The number of hydrogen-bond donors (Lipinski definition) is 1. The summed E-state index contributed by atoms with van der Waals surface area (Å²) in [5.74, 6) is 1.21. The maximum Gasteiger partial charge on any atom is 0.0778 e. The van der Waals surface area contributed by atoms with E-state index >= 15 is 0 Å². The van der Waals surface area contributed by atoms with Crippen molar-refractivity contribution in [3.8, 4) is 0 Å². The minimum Gasteiger partial charge on any atom is -0.388 e. The summed E-state index contributed by atoms with van der Waals surface area (Å²) in [6, 6.07) is 0. The first-order valence-corrected chi connectivity index (χ1v) is 4.16. The van der Waals surface area contributed by atoms with E-state index in [1.807, 2.05) is 0 Å². The fourth-order valence-electron chi connectivity index (χ4n) is 2.35. The highest BCUT2D eigenvalue weighted by Crippen LogP contribution is 2.43. The van der Waals surface area contributed by atoms with Gasteiger partial charge in [-0.15, -0.1) is 0 Å². The van der Waals surface area contributed by atoms with E-state index < -0.39 is 0 Å². The molecule has 0 aromatic heterocycles. The van der Waals surface area contributed by atoms with Crippen molar-refractivity contribution >= 4 is 0 Å². The lowest BCUT2D eigenvalue weighted by Gasteiger charge is -2.41. The van der Waals surface area contributed by atoms with Gasteiger partial charge in [0.15, 0.2) is 0 Å². The van der Waals surface area contributed by atoms with E-state index in [1.54, 1.807) is 0 Å². The van der Waals surface area contributed by atoms with Gasteiger partial charge in [0.1, 0.15) is 0 Å². The van der Waals surface area contributed by atoms with Crippen molar-refractivity contribution in [1.29, 1.82) is 0 Å². The Morgan fingerprint density at radius 2 is 1.80 bits per heavy atom. The van der Waals surface area contributed by atoms with Crippen LogP contribution in [-0.2, 0) is 0 Å². The third-order valence-electron chi connectivity index (χ3n) is 3.12. The third-order valence-corrected chi connectivity index (χ3v) is 3.12. The Morgan fingerprint density at radius 1 is 1.20 bits per heavy atom. The van der Waals surface area contributed by atoms with Gasteiger partial charge >= 0.3 is 0 Å². The molecule has 3 aliphatic rings. The van der Waals surface area contributed by atoms with Gasteiger partial charge in [-0.1, -0.05) is 6.58 Å². The largest absolute Gasteiger partial charge is 0.388 e. The second-order valence-electron chi connectivity index (χ2n) is 3.63. The van der Waals surface area contributed by atoms with E-state index in [0.717, 1.165) is 5.57 Å². The van der Waals surface area contributed by atoms with Crippen molar-refractivity contribution in [1.82, 2.24) is 0 Å². The molecule has 0 aromatic rings. The zero-order valence-corrected chi connectivity index (χ0v) is 6.21. The molecule has 3 rings (SSSR count). The van der Waals surface area contributed by atoms with Crippen molar-refractivity contribution < 1.29 is 5.11 Å². The minimum atomic E-state index is -0.160. The zero-order valence-electron chi connectivity index (χ0n) is 6.21. The number of aliphatic hydroxyl groups excluding tert-OH is 1. The lowest BCUT2D eigenvalue weighted by atomic mass is 9.67. The van der Waals surface area contributed by atoms with Crippen LogP contribution in [-0.4, -0.2) is 11.2 Å². The van der Waals surface area contributed by atoms with Crippen LogP contribution in [0, 0.1) is 11.8 Å². The van der Waals surface area contributed by atoms with Crippen LogP contribution in [0.15, 0.2) is 12.2 Å². The second kappa shape index (κ2) is 2.09. The van der Waals surface area contributed by atoms with Gasteiger partial charge in [0.2, 0.25) is 0 Å². The molecular weight excluding hydrogens is 124 g/mol. The molecule has 0 aromatic carbocycles. The maximum atomic E-state index is 9.57. The molecule has 0 spiro atoms. The maximum absolute atomic E-state index is 9.57. The molecule has 1 N–H and O–H groups in total. The quantitative estimate of drug-likeness (QED) is 0.505. The number of hydrogen-bond acceptors (Lipinski definition) is 1. The van der Waals surface area contributed by atoms with Crippen LogP contribution >= 0.6 is 0 Å².